The first kappa shape index (κ1) is 13.0. The Labute approximate surface area is 123 Å². The highest BCUT2D eigenvalue weighted by Gasteiger charge is 2.09. The van der Waals surface area contributed by atoms with Gasteiger partial charge in [0.1, 0.15) is 5.82 Å². The van der Waals surface area contributed by atoms with Crippen molar-refractivity contribution in [1.29, 1.82) is 0 Å². The molecule has 0 bridgehead atoms. The SMILES string of the molecule is O=c1c2ccccc2[nH]c(=S)n1-c1cc(F)cc(Cl)c1. The fraction of sp³-hybridized carbons (Fsp3) is 0. The highest BCUT2D eigenvalue weighted by atomic mass is 35.5. The van der Waals surface area contributed by atoms with Crippen LogP contribution < -0.4 is 5.56 Å². The van der Waals surface area contributed by atoms with Gasteiger partial charge < -0.3 is 4.98 Å². The van der Waals surface area contributed by atoms with Crippen molar-refractivity contribution in [3.8, 4) is 5.69 Å². The van der Waals surface area contributed by atoms with Crippen LogP contribution >= 0.6 is 23.8 Å². The molecule has 0 spiro atoms. The lowest BCUT2D eigenvalue weighted by molar-refractivity contribution is 0.626. The molecule has 2 aromatic carbocycles. The minimum atomic E-state index is -0.526. The summed E-state index contributed by atoms with van der Waals surface area (Å²) in [6.45, 7) is 0. The van der Waals surface area contributed by atoms with Crippen molar-refractivity contribution in [2.75, 3.05) is 0 Å². The van der Waals surface area contributed by atoms with E-state index in [-0.39, 0.29) is 15.4 Å². The number of para-hydroxylation sites is 1. The molecule has 1 heterocycles. The molecule has 6 heteroatoms. The maximum atomic E-state index is 13.4. The largest absolute Gasteiger partial charge is 0.331 e. The second-order valence-electron chi connectivity index (χ2n) is 4.24. The van der Waals surface area contributed by atoms with Crippen LogP contribution in [0.25, 0.3) is 16.6 Å². The van der Waals surface area contributed by atoms with E-state index in [4.69, 9.17) is 23.8 Å². The van der Waals surface area contributed by atoms with Crippen molar-refractivity contribution < 1.29 is 4.39 Å². The average molecular weight is 307 g/mol. The predicted octanol–water partition coefficient (Wildman–Crippen LogP) is 3.84. The second kappa shape index (κ2) is 4.85. The monoisotopic (exact) mass is 306 g/mol. The quantitative estimate of drug-likeness (QED) is 0.694. The molecule has 100 valence electrons. The fourth-order valence-corrected chi connectivity index (χ4v) is 2.58. The van der Waals surface area contributed by atoms with Gasteiger partial charge in [-0.15, -0.1) is 0 Å². The van der Waals surface area contributed by atoms with Gasteiger partial charge in [-0.1, -0.05) is 23.7 Å². The summed E-state index contributed by atoms with van der Waals surface area (Å²) in [7, 11) is 0. The van der Waals surface area contributed by atoms with E-state index in [0.29, 0.717) is 16.6 Å². The van der Waals surface area contributed by atoms with Crippen molar-refractivity contribution in [3.63, 3.8) is 0 Å². The average Bonchev–Trinajstić information content (AvgIpc) is 2.37. The maximum Gasteiger partial charge on any atom is 0.266 e. The lowest BCUT2D eigenvalue weighted by Gasteiger charge is -2.08. The molecule has 0 atom stereocenters. The Bertz CT molecular complexity index is 912. The van der Waals surface area contributed by atoms with Crippen LogP contribution in [-0.2, 0) is 0 Å². The number of benzene rings is 2. The van der Waals surface area contributed by atoms with Gasteiger partial charge in [0.15, 0.2) is 4.77 Å². The summed E-state index contributed by atoms with van der Waals surface area (Å²) in [6, 6.07) is 10.9. The predicted molar refractivity (Wildman–Crippen MR) is 79.7 cm³/mol. The number of hydrogen-bond donors (Lipinski definition) is 1. The van der Waals surface area contributed by atoms with Gasteiger partial charge in [0, 0.05) is 5.02 Å². The Kier molecular flexibility index (Phi) is 3.16. The standard InChI is InChI=1S/C14H8ClFN2OS/c15-8-5-9(16)7-10(6-8)18-13(19)11-3-1-2-4-12(11)17-14(18)20/h1-7H,(H,17,20). The molecular formula is C14H8ClFN2OS. The summed E-state index contributed by atoms with van der Waals surface area (Å²) in [5.41, 5.74) is 0.624. The number of fused-ring (bicyclic) bond motifs is 1. The van der Waals surface area contributed by atoms with E-state index in [1.807, 2.05) is 0 Å². The van der Waals surface area contributed by atoms with Gasteiger partial charge in [-0.2, -0.15) is 0 Å². The normalized spacial score (nSPS) is 10.9. The van der Waals surface area contributed by atoms with Crippen LogP contribution in [-0.4, -0.2) is 9.55 Å². The van der Waals surface area contributed by atoms with E-state index in [1.54, 1.807) is 24.3 Å². The Hall–Kier alpha value is -1.98. The third kappa shape index (κ3) is 2.15. The van der Waals surface area contributed by atoms with Gasteiger partial charge in [0.25, 0.3) is 5.56 Å². The van der Waals surface area contributed by atoms with Crippen LogP contribution in [0.3, 0.4) is 0 Å². The van der Waals surface area contributed by atoms with Crippen LogP contribution in [0.2, 0.25) is 5.02 Å². The molecule has 0 unspecified atom stereocenters. The first-order chi connectivity index (χ1) is 9.56. The molecule has 0 amide bonds. The molecule has 20 heavy (non-hydrogen) atoms. The van der Waals surface area contributed by atoms with Crippen LogP contribution in [0.15, 0.2) is 47.3 Å². The topological polar surface area (TPSA) is 37.8 Å². The zero-order valence-electron chi connectivity index (χ0n) is 10.1. The molecule has 1 aromatic heterocycles. The van der Waals surface area contributed by atoms with E-state index in [2.05, 4.69) is 4.98 Å². The third-order valence-electron chi connectivity index (χ3n) is 2.91. The zero-order chi connectivity index (χ0) is 14.3. The Balaban J connectivity index is 2.42. The van der Waals surface area contributed by atoms with Gasteiger partial charge >= 0.3 is 0 Å². The third-order valence-corrected chi connectivity index (χ3v) is 3.41. The first-order valence-corrected chi connectivity index (χ1v) is 6.55. The van der Waals surface area contributed by atoms with E-state index in [1.165, 1.54) is 22.8 Å². The maximum absolute atomic E-state index is 13.4. The van der Waals surface area contributed by atoms with Crippen LogP contribution in [0.1, 0.15) is 0 Å². The van der Waals surface area contributed by atoms with Gasteiger partial charge in [-0.3, -0.25) is 9.36 Å². The fourth-order valence-electron chi connectivity index (χ4n) is 2.07. The Morgan fingerprint density at radius 2 is 1.95 bits per heavy atom. The summed E-state index contributed by atoms with van der Waals surface area (Å²) in [5.74, 6) is -0.526. The summed E-state index contributed by atoms with van der Waals surface area (Å²) >= 11 is 11.0. The van der Waals surface area contributed by atoms with Crippen LogP contribution in [0.5, 0.6) is 0 Å². The molecule has 0 radical (unpaired) electrons. The smallest absolute Gasteiger partial charge is 0.266 e. The molecule has 3 aromatic rings. The number of nitrogens with one attached hydrogen (secondary N) is 1. The highest BCUT2D eigenvalue weighted by molar-refractivity contribution is 7.71. The number of H-pyrrole nitrogens is 1. The number of aromatic amines is 1. The van der Waals surface area contributed by atoms with Gasteiger partial charge in [-0.25, -0.2) is 4.39 Å². The number of rotatable bonds is 1. The molecule has 0 aliphatic carbocycles. The Morgan fingerprint density at radius 3 is 2.70 bits per heavy atom. The van der Waals surface area contributed by atoms with E-state index in [0.717, 1.165) is 0 Å². The molecule has 3 rings (SSSR count). The summed E-state index contributed by atoms with van der Waals surface area (Å²) in [6.07, 6.45) is 0. The summed E-state index contributed by atoms with van der Waals surface area (Å²) in [4.78, 5) is 15.4. The number of nitrogens with zero attached hydrogens (tertiary/aromatic N) is 1. The second-order valence-corrected chi connectivity index (χ2v) is 5.07. The van der Waals surface area contributed by atoms with Gasteiger partial charge in [0.05, 0.1) is 16.6 Å². The molecular weight excluding hydrogens is 299 g/mol. The van der Waals surface area contributed by atoms with Gasteiger partial charge in [0.2, 0.25) is 0 Å². The van der Waals surface area contributed by atoms with Crippen molar-refractivity contribution in [1.82, 2.24) is 9.55 Å². The highest BCUT2D eigenvalue weighted by Crippen LogP contribution is 2.17. The summed E-state index contributed by atoms with van der Waals surface area (Å²) < 4.78 is 14.9. The molecule has 0 aliphatic heterocycles. The van der Waals surface area contributed by atoms with E-state index in [9.17, 15) is 9.18 Å². The number of aromatic nitrogens is 2. The molecule has 0 fully saturated rings. The van der Waals surface area contributed by atoms with E-state index < -0.39 is 5.82 Å². The molecule has 0 saturated heterocycles. The van der Waals surface area contributed by atoms with Crippen molar-refractivity contribution in [2.45, 2.75) is 0 Å². The van der Waals surface area contributed by atoms with Crippen molar-refractivity contribution >= 4 is 34.7 Å². The van der Waals surface area contributed by atoms with Crippen molar-refractivity contribution in [2.24, 2.45) is 0 Å². The molecule has 0 saturated carbocycles. The van der Waals surface area contributed by atoms with Crippen molar-refractivity contribution in [3.05, 3.63) is 68.4 Å². The molecule has 0 aliphatic rings. The minimum Gasteiger partial charge on any atom is -0.331 e. The van der Waals surface area contributed by atoms with Crippen LogP contribution in [0.4, 0.5) is 4.39 Å². The zero-order valence-corrected chi connectivity index (χ0v) is 11.6. The first-order valence-electron chi connectivity index (χ1n) is 5.77. The summed E-state index contributed by atoms with van der Waals surface area (Å²) in [5, 5.41) is 0.677. The molecule has 1 N–H and O–H groups in total. The minimum absolute atomic E-state index is 0.190. The lowest BCUT2D eigenvalue weighted by Crippen LogP contribution is -2.20. The Morgan fingerprint density at radius 1 is 1.20 bits per heavy atom. The van der Waals surface area contributed by atoms with Crippen LogP contribution in [0, 0.1) is 10.6 Å². The number of hydrogen-bond acceptors (Lipinski definition) is 2. The molecule has 3 nitrogen and oxygen atoms in total. The lowest BCUT2D eigenvalue weighted by atomic mass is 10.2. The van der Waals surface area contributed by atoms with E-state index >= 15 is 0 Å². The van der Waals surface area contributed by atoms with Gasteiger partial charge in [-0.05, 0) is 42.5 Å². The number of halogens is 2.